The van der Waals surface area contributed by atoms with Crippen molar-refractivity contribution in [2.75, 3.05) is 6.54 Å². The van der Waals surface area contributed by atoms with Gasteiger partial charge in [0.1, 0.15) is 0 Å². The highest BCUT2D eigenvalue weighted by Crippen LogP contribution is 2.28. The van der Waals surface area contributed by atoms with E-state index < -0.39 is 0 Å². The van der Waals surface area contributed by atoms with Gasteiger partial charge >= 0.3 is 0 Å². The molecule has 1 aliphatic rings. The van der Waals surface area contributed by atoms with E-state index in [-0.39, 0.29) is 0 Å². The van der Waals surface area contributed by atoms with Gasteiger partial charge in [0.2, 0.25) is 0 Å². The molecule has 1 aliphatic carbocycles. The first-order valence-electron chi connectivity index (χ1n) is 4.69. The van der Waals surface area contributed by atoms with Gasteiger partial charge in [0, 0.05) is 18.6 Å². The number of rotatable bonds is 4. The first-order chi connectivity index (χ1) is 5.20. The Balaban J connectivity index is 2.05. The van der Waals surface area contributed by atoms with Crippen LogP contribution in [-0.2, 0) is 0 Å². The van der Waals surface area contributed by atoms with E-state index in [1.165, 1.54) is 19.3 Å². The third kappa shape index (κ3) is 2.80. The van der Waals surface area contributed by atoms with Crippen molar-refractivity contribution in [3.8, 4) is 0 Å². The lowest BCUT2D eigenvalue weighted by Crippen LogP contribution is -2.44. The highest BCUT2D eigenvalue weighted by molar-refractivity contribution is 4.81. The van der Waals surface area contributed by atoms with Crippen molar-refractivity contribution in [3.63, 3.8) is 0 Å². The van der Waals surface area contributed by atoms with E-state index in [0.29, 0.717) is 12.1 Å². The number of hydrogen-bond donors (Lipinski definition) is 2. The maximum Gasteiger partial charge on any atom is 0.0194 e. The molecule has 0 aromatic carbocycles. The second kappa shape index (κ2) is 4.07. The Morgan fingerprint density at radius 1 is 1.45 bits per heavy atom. The lowest BCUT2D eigenvalue weighted by Gasteiger charge is -2.31. The van der Waals surface area contributed by atoms with E-state index in [0.717, 1.165) is 12.5 Å². The van der Waals surface area contributed by atoms with Crippen molar-refractivity contribution in [2.45, 2.75) is 45.2 Å². The molecule has 0 heterocycles. The van der Waals surface area contributed by atoms with Crippen LogP contribution in [-0.4, -0.2) is 18.6 Å². The van der Waals surface area contributed by atoms with Crippen molar-refractivity contribution in [1.29, 1.82) is 0 Å². The van der Waals surface area contributed by atoms with Gasteiger partial charge in [-0.25, -0.2) is 0 Å². The van der Waals surface area contributed by atoms with Crippen molar-refractivity contribution in [3.05, 3.63) is 0 Å². The Bertz CT molecular complexity index is 108. The van der Waals surface area contributed by atoms with Crippen LogP contribution in [0.4, 0.5) is 0 Å². The molecule has 3 N–H and O–H groups in total. The summed E-state index contributed by atoms with van der Waals surface area (Å²) >= 11 is 0. The van der Waals surface area contributed by atoms with Gasteiger partial charge in [-0.05, 0) is 18.8 Å². The molecule has 1 rings (SSSR count). The molecule has 0 aromatic heterocycles. The summed E-state index contributed by atoms with van der Waals surface area (Å²) in [7, 11) is 0. The summed E-state index contributed by atoms with van der Waals surface area (Å²) in [5.41, 5.74) is 5.96. The summed E-state index contributed by atoms with van der Waals surface area (Å²) in [5.74, 6) is 0.807. The summed E-state index contributed by atoms with van der Waals surface area (Å²) in [6, 6.07) is 0.965. The quantitative estimate of drug-likeness (QED) is 0.640. The zero-order valence-corrected chi connectivity index (χ0v) is 7.64. The van der Waals surface area contributed by atoms with Gasteiger partial charge in [-0.2, -0.15) is 0 Å². The Kier molecular flexibility index (Phi) is 3.34. The molecule has 0 aromatic rings. The molecule has 1 unspecified atom stereocenters. The summed E-state index contributed by atoms with van der Waals surface area (Å²) in [6.45, 7) is 5.31. The normalized spacial score (nSPS) is 21.8. The van der Waals surface area contributed by atoms with Crippen LogP contribution in [0.2, 0.25) is 0 Å². The van der Waals surface area contributed by atoms with Crippen LogP contribution in [0.5, 0.6) is 0 Å². The van der Waals surface area contributed by atoms with Crippen molar-refractivity contribution < 1.29 is 0 Å². The molecule has 66 valence electrons. The second-order valence-corrected chi connectivity index (χ2v) is 3.92. The lowest BCUT2D eigenvalue weighted by atomic mass is 9.80. The van der Waals surface area contributed by atoms with Crippen molar-refractivity contribution in [2.24, 2.45) is 11.7 Å². The van der Waals surface area contributed by atoms with E-state index in [1.54, 1.807) is 0 Å². The van der Waals surface area contributed by atoms with Gasteiger partial charge in [0.15, 0.2) is 0 Å². The van der Waals surface area contributed by atoms with Crippen LogP contribution < -0.4 is 11.1 Å². The number of nitrogens with one attached hydrogen (secondary N) is 1. The summed E-state index contributed by atoms with van der Waals surface area (Å²) in [4.78, 5) is 0. The Hall–Kier alpha value is -0.0800. The molecular formula is C9H20N2. The third-order valence-corrected chi connectivity index (χ3v) is 2.52. The Labute approximate surface area is 69.5 Å². The number of nitrogens with two attached hydrogens (primary N) is 1. The fraction of sp³-hybridized carbons (Fsp3) is 1.00. The third-order valence-electron chi connectivity index (χ3n) is 2.52. The van der Waals surface area contributed by atoms with Crippen molar-refractivity contribution in [1.82, 2.24) is 5.32 Å². The summed E-state index contributed by atoms with van der Waals surface area (Å²) in [6.07, 6.45) is 4.09. The minimum atomic E-state index is 0.395. The van der Waals surface area contributed by atoms with E-state index >= 15 is 0 Å². The van der Waals surface area contributed by atoms with Gasteiger partial charge < -0.3 is 11.1 Å². The average Bonchev–Trinajstić information content (AvgIpc) is 1.79. The van der Waals surface area contributed by atoms with Gasteiger partial charge in [-0.1, -0.05) is 20.3 Å². The molecule has 0 aliphatic heterocycles. The topological polar surface area (TPSA) is 38.0 Å². The van der Waals surface area contributed by atoms with Gasteiger partial charge in [0.05, 0.1) is 0 Å². The molecule has 0 radical (unpaired) electrons. The van der Waals surface area contributed by atoms with E-state index in [1.807, 2.05) is 0 Å². The molecule has 1 fully saturated rings. The molecule has 11 heavy (non-hydrogen) atoms. The van der Waals surface area contributed by atoms with Crippen LogP contribution in [0.15, 0.2) is 0 Å². The second-order valence-electron chi connectivity index (χ2n) is 3.92. The van der Waals surface area contributed by atoms with Crippen LogP contribution in [0, 0.1) is 5.92 Å². The van der Waals surface area contributed by atoms with E-state index in [4.69, 9.17) is 5.73 Å². The molecular weight excluding hydrogens is 136 g/mol. The SMILES string of the molecule is CC(C)NCC(N)C1CCC1. The Morgan fingerprint density at radius 3 is 2.45 bits per heavy atom. The highest BCUT2D eigenvalue weighted by atomic mass is 14.9. The van der Waals surface area contributed by atoms with Crippen LogP contribution in [0.3, 0.4) is 0 Å². The summed E-state index contributed by atoms with van der Waals surface area (Å²) in [5, 5.41) is 3.37. The highest BCUT2D eigenvalue weighted by Gasteiger charge is 2.23. The van der Waals surface area contributed by atoms with Crippen molar-refractivity contribution >= 4 is 0 Å². The van der Waals surface area contributed by atoms with Gasteiger partial charge in [-0.15, -0.1) is 0 Å². The lowest BCUT2D eigenvalue weighted by molar-refractivity contribution is 0.253. The standard InChI is InChI=1S/C9H20N2/c1-7(2)11-6-9(10)8-4-3-5-8/h7-9,11H,3-6,10H2,1-2H3. The molecule has 1 atom stereocenters. The zero-order chi connectivity index (χ0) is 8.27. The predicted molar refractivity (Wildman–Crippen MR) is 48.5 cm³/mol. The first kappa shape index (κ1) is 9.01. The van der Waals surface area contributed by atoms with E-state index in [2.05, 4.69) is 19.2 Å². The largest absolute Gasteiger partial charge is 0.326 e. The molecule has 0 saturated heterocycles. The van der Waals surface area contributed by atoms with Crippen LogP contribution >= 0.6 is 0 Å². The van der Waals surface area contributed by atoms with Gasteiger partial charge in [-0.3, -0.25) is 0 Å². The molecule has 2 heteroatoms. The van der Waals surface area contributed by atoms with Crippen LogP contribution in [0.1, 0.15) is 33.1 Å². The molecule has 0 bridgehead atoms. The van der Waals surface area contributed by atoms with Gasteiger partial charge in [0.25, 0.3) is 0 Å². The minimum absolute atomic E-state index is 0.395. The van der Waals surface area contributed by atoms with Crippen LogP contribution in [0.25, 0.3) is 0 Å². The minimum Gasteiger partial charge on any atom is -0.326 e. The first-order valence-corrected chi connectivity index (χ1v) is 4.69. The van der Waals surface area contributed by atoms with E-state index in [9.17, 15) is 0 Å². The molecule has 0 amide bonds. The maximum atomic E-state index is 5.96. The maximum absolute atomic E-state index is 5.96. The fourth-order valence-electron chi connectivity index (χ4n) is 1.41. The fourth-order valence-corrected chi connectivity index (χ4v) is 1.41. The average molecular weight is 156 g/mol. The monoisotopic (exact) mass is 156 g/mol. The molecule has 2 nitrogen and oxygen atoms in total. The smallest absolute Gasteiger partial charge is 0.0194 e. The Morgan fingerprint density at radius 2 is 2.09 bits per heavy atom. The molecule has 0 spiro atoms. The summed E-state index contributed by atoms with van der Waals surface area (Å²) < 4.78 is 0. The predicted octanol–water partition coefficient (Wildman–Crippen LogP) is 1.11. The molecule has 1 saturated carbocycles. The zero-order valence-electron chi connectivity index (χ0n) is 7.64. The number of hydrogen-bond acceptors (Lipinski definition) is 2.